The van der Waals surface area contributed by atoms with E-state index in [4.69, 9.17) is 9.47 Å². The van der Waals surface area contributed by atoms with Crippen molar-refractivity contribution in [3.8, 4) is 23.1 Å². The van der Waals surface area contributed by atoms with Crippen LogP contribution in [-0.4, -0.2) is 35.7 Å². The monoisotopic (exact) mass is 288 g/mol. The van der Waals surface area contributed by atoms with Crippen molar-refractivity contribution >= 4 is 5.95 Å². The van der Waals surface area contributed by atoms with E-state index >= 15 is 0 Å². The van der Waals surface area contributed by atoms with Gasteiger partial charge in [0.15, 0.2) is 5.82 Å². The fourth-order valence-corrected chi connectivity index (χ4v) is 1.84. The first-order valence-electron chi connectivity index (χ1n) is 6.89. The minimum Gasteiger partial charge on any atom is -0.496 e. The molecule has 0 fully saturated rings. The maximum atomic E-state index is 5.52. The largest absolute Gasteiger partial charge is 0.496 e. The Hall–Kier alpha value is -2.37. The fraction of sp³-hybridized carbons (Fsp3) is 0.400. The second-order valence-electron chi connectivity index (χ2n) is 4.57. The quantitative estimate of drug-likeness (QED) is 0.881. The maximum Gasteiger partial charge on any atom is 0.321 e. The van der Waals surface area contributed by atoms with Crippen molar-refractivity contribution in [2.24, 2.45) is 0 Å². The molecule has 0 aliphatic rings. The summed E-state index contributed by atoms with van der Waals surface area (Å²) in [4.78, 5) is 13.0. The number of anilines is 1. The number of aromatic nitrogens is 3. The van der Waals surface area contributed by atoms with Gasteiger partial charge in [0.05, 0.1) is 19.3 Å². The second-order valence-corrected chi connectivity index (χ2v) is 4.57. The molecule has 1 heterocycles. The highest BCUT2D eigenvalue weighted by Gasteiger charge is 2.13. The lowest BCUT2D eigenvalue weighted by molar-refractivity contribution is 0.292. The Labute approximate surface area is 124 Å². The summed E-state index contributed by atoms with van der Waals surface area (Å²) in [5, 5.41) is 2.92. The van der Waals surface area contributed by atoms with Gasteiger partial charge in [-0.05, 0) is 25.5 Å². The van der Waals surface area contributed by atoms with Crippen molar-refractivity contribution in [1.82, 2.24) is 15.0 Å². The summed E-state index contributed by atoms with van der Waals surface area (Å²) in [5.74, 6) is 1.71. The lowest BCUT2D eigenvalue weighted by Gasteiger charge is -2.11. The van der Waals surface area contributed by atoms with Gasteiger partial charge in [0, 0.05) is 7.05 Å². The van der Waals surface area contributed by atoms with Gasteiger partial charge in [-0.2, -0.15) is 15.0 Å². The SMILES string of the molecule is CCCOc1nc(NC)nc(-c2cc(C)ccc2OC)n1. The van der Waals surface area contributed by atoms with Gasteiger partial charge in [-0.15, -0.1) is 0 Å². The highest BCUT2D eigenvalue weighted by molar-refractivity contribution is 5.66. The second kappa shape index (κ2) is 6.88. The molecule has 2 rings (SSSR count). The zero-order chi connectivity index (χ0) is 15.2. The van der Waals surface area contributed by atoms with Gasteiger partial charge >= 0.3 is 6.01 Å². The predicted molar refractivity (Wildman–Crippen MR) is 81.9 cm³/mol. The van der Waals surface area contributed by atoms with E-state index in [1.165, 1.54) is 0 Å². The summed E-state index contributed by atoms with van der Waals surface area (Å²) in [6.45, 7) is 4.61. The van der Waals surface area contributed by atoms with Crippen LogP contribution in [0.4, 0.5) is 5.95 Å². The highest BCUT2D eigenvalue weighted by Crippen LogP contribution is 2.29. The Morgan fingerprint density at radius 3 is 2.67 bits per heavy atom. The van der Waals surface area contributed by atoms with E-state index in [0.29, 0.717) is 24.4 Å². The van der Waals surface area contributed by atoms with Crippen LogP contribution < -0.4 is 14.8 Å². The summed E-state index contributed by atoms with van der Waals surface area (Å²) < 4.78 is 10.9. The Kier molecular flexibility index (Phi) is 4.92. The van der Waals surface area contributed by atoms with Crippen molar-refractivity contribution in [3.63, 3.8) is 0 Å². The molecule has 2 aromatic rings. The van der Waals surface area contributed by atoms with Crippen molar-refractivity contribution in [2.75, 3.05) is 26.1 Å². The summed E-state index contributed by atoms with van der Waals surface area (Å²) in [5.41, 5.74) is 1.92. The minimum absolute atomic E-state index is 0.315. The number of rotatable bonds is 6. The van der Waals surface area contributed by atoms with Crippen LogP contribution in [0.3, 0.4) is 0 Å². The molecule has 0 unspecified atom stereocenters. The van der Waals surface area contributed by atoms with Crippen LogP contribution in [0.2, 0.25) is 0 Å². The average molecular weight is 288 g/mol. The predicted octanol–water partition coefficient (Wildman–Crippen LogP) is 2.69. The van der Waals surface area contributed by atoms with Gasteiger partial charge in [-0.3, -0.25) is 0 Å². The third-order valence-corrected chi connectivity index (χ3v) is 2.87. The lowest BCUT2D eigenvalue weighted by atomic mass is 10.1. The molecular weight excluding hydrogens is 268 g/mol. The van der Waals surface area contributed by atoms with E-state index in [0.717, 1.165) is 23.3 Å². The van der Waals surface area contributed by atoms with Gasteiger partial charge in [0.1, 0.15) is 5.75 Å². The molecule has 1 aromatic carbocycles. The first-order chi connectivity index (χ1) is 10.2. The molecule has 6 heteroatoms. The van der Waals surface area contributed by atoms with Crippen LogP contribution in [0.5, 0.6) is 11.8 Å². The van der Waals surface area contributed by atoms with Gasteiger partial charge in [0.25, 0.3) is 0 Å². The molecule has 1 N–H and O–H groups in total. The third-order valence-electron chi connectivity index (χ3n) is 2.87. The Balaban J connectivity index is 2.49. The number of hydrogen-bond donors (Lipinski definition) is 1. The van der Waals surface area contributed by atoms with E-state index in [9.17, 15) is 0 Å². The number of ether oxygens (including phenoxy) is 2. The average Bonchev–Trinajstić information content (AvgIpc) is 2.52. The Bertz CT molecular complexity index is 617. The molecule has 112 valence electrons. The molecule has 0 spiro atoms. The molecule has 1 aromatic heterocycles. The zero-order valence-electron chi connectivity index (χ0n) is 12.8. The van der Waals surface area contributed by atoms with E-state index in [2.05, 4.69) is 20.3 Å². The first kappa shape index (κ1) is 15.0. The van der Waals surface area contributed by atoms with Crippen LogP contribution in [0.15, 0.2) is 18.2 Å². The van der Waals surface area contributed by atoms with Crippen LogP contribution >= 0.6 is 0 Å². The molecule has 0 aliphatic heterocycles. The number of benzene rings is 1. The molecule has 21 heavy (non-hydrogen) atoms. The van der Waals surface area contributed by atoms with Gasteiger partial charge in [-0.25, -0.2) is 0 Å². The van der Waals surface area contributed by atoms with Crippen molar-refractivity contribution in [2.45, 2.75) is 20.3 Å². The molecule has 0 atom stereocenters. The zero-order valence-corrected chi connectivity index (χ0v) is 12.8. The number of aryl methyl sites for hydroxylation is 1. The molecule has 6 nitrogen and oxygen atoms in total. The fourth-order valence-electron chi connectivity index (χ4n) is 1.84. The molecule has 0 amide bonds. The summed E-state index contributed by atoms with van der Waals surface area (Å²) >= 11 is 0. The van der Waals surface area contributed by atoms with E-state index < -0.39 is 0 Å². The van der Waals surface area contributed by atoms with E-state index in [1.807, 2.05) is 32.0 Å². The van der Waals surface area contributed by atoms with Crippen LogP contribution in [0, 0.1) is 6.92 Å². The lowest BCUT2D eigenvalue weighted by Crippen LogP contribution is -2.06. The van der Waals surface area contributed by atoms with Gasteiger partial charge in [0.2, 0.25) is 5.95 Å². The Morgan fingerprint density at radius 2 is 2.00 bits per heavy atom. The van der Waals surface area contributed by atoms with Crippen LogP contribution in [-0.2, 0) is 0 Å². The first-order valence-corrected chi connectivity index (χ1v) is 6.89. The number of nitrogens with one attached hydrogen (secondary N) is 1. The van der Waals surface area contributed by atoms with Crippen LogP contribution in [0.25, 0.3) is 11.4 Å². The van der Waals surface area contributed by atoms with Gasteiger partial charge in [-0.1, -0.05) is 18.6 Å². The van der Waals surface area contributed by atoms with Crippen LogP contribution in [0.1, 0.15) is 18.9 Å². The van der Waals surface area contributed by atoms with Crippen molar-refractivity contribution < 1.29 is 9.47 Å². The molecule has 0 saturated carbocycles. The maximum absolute atomic E-state index is 5.52. The smallest absolute Gasteiger partial charge is 0.321 e. The van der Waals surface area contributed by atoms with E-state index in [-0.39, 0.29) is 0 Å². The molecular formula is C15H20N4O2. The number of methoxy groups -OCH3 is 1. The molecule has 0 radical (unpaired) electrons. The summed E-state index contributed by atoms with van der Waals surface area (Å²) in [7, 11) is 3.39. The number of nitrogens with zero attached hydrogens (tertiary/aromatic N) is 3. The Morgan fingerprint density at radius 1 is 1.19 bits per heavy atom. The highest BCUT2D eigenvalue weighted by atomic mass is 16.5. The summed E-state index contributed by atoms with van der Waals surface area (Å²) in [6, 6.07) is 6.18. The molecule has 0 saturated heterocycles. The number of hydrogen-bond acceptors (Lipinski definition) is 6. The molecule has 0 aliphatic carbocycles. The third kappa shape index (κ3) is 3.59. The normalized spacial score (nSPS) is 10.3. The standard InChI is InChI=1S/C15H20N4O2/c1-5-8-21-15-18-13(17-14(16-3)19-15)11-9-10(2)6-7-12(11)20-4/h6-7,9H,5,8H2,1-4H3,(H,16,17,18,19). The van der Waals surface area contributed by atoms with E-state index in [1.54, 1.807) is 14.2 Å². The molecule has 0 bridgehead atoms. The summed E-state index contributed by atoms with van der Waals surface area (Å²) in [6.07, 6.45) is 0.893. The van der Waals surface area contributed by atoms with Gasteiger partial charge < -0.3 is 14.8 Å². The topological polar surface area (TPSA) is 69.2 Å². The minimum atomic E-state index is 0.315. The van der Waals surface area contributed by atoms with Crippen molar-refractivity contribution in [3.05, 3.63) is 23.8 Å². The van der Waals surface area contributed by atoms with Crippen molar-refractivity contribution in [1.29, 1.82) is 0 Å².